The Hall–Kier alpha value is -0.460. The zero-order valence-corrected chi connectivity index (χ0v) is 14.0. The molecule has 0 aliphatic heterocycles. The minimum atomic E-state index is -4.05. The maximum Gasteiger partial charge on any atom is 0.472 e. The molecule has 2 atom stereocenters. The third kappa shape index (κ3) is 11.8. The van der Waals surface area contributed by atoms with E-state index in [1.54, 1.807) is 13.8 Å². The van der Waals surface area contributed by atoms with Crippen molar-refractivity contribution < 1.29 is 28.4 Å². The smallest absolute Gasteiger partial charge is 0.396 e. The zero-order chi connectivity index (χ0) is 16.3. The number of aliphatic hydroxyl groups excluding tert-OH is 1. The van der Waals surface area contributed by atoms with Crippen LogP contribution in [-0.2, 0) is 18.4 Å². The number of phosphoric acid groups is 1. The molecule has 7 nitrogen and oxygen atoms in total. The van der Waals surface area contributed by atoms with E-state index in [4.69, 9.17) is 9.05 Å². The normalized spacial score (nSPS) is 15.7. The van der Waals surface area contributed by atoms with Crippen LogP contribution in [0.1, 0.15) is 46.5 Å². The van der Waals surface area contributed by atoms with Crippen molar-refractivity contribution >= 4 is 13.7 Å². The van der Waals surface area contributed by atoms with Gasteiger partial charge in [0.15, 0.2) is 0 Å². The molecule has 0 radical (unpaired) electrons. The topological polar surface area (TPSA) is 105 Å². The molecule has 0 heterocycles. The Morgan fingerprint density at radius 1 is 1.33 bits per heavy atom. The summed E-state index contributed by atoms with van der Waals surface area (Å²) in [5, 5.41) is 11.9. The Bertz CT molecular complexity index is 337. The molecule has 0 bridgehead atoms. The monoisotopic (exact) mass is 325 g/mol. The summed E-state index contributed by atoms with van der Waals surface area (Å²) in [6, 6.07) is 0. The number of carbonyl (C=O) groups excluding carboxylic acids is 1. The average molecular weight is 325 g/mol. The first-order valence-corrected chi connectivity index (χ1v) is 8.83. The van der Waals surface area contributed by atoms with Gasteiger partial charge in [-0.05, 0) is 33.6 Å². The van der Waals surface area contributed by atoms with Crippen molar-refractivity contribution in [1.29, 1.82) is 0 Å². The second-order valence-electron chi connectivity index (χ2n) is 5.17. The van der Waals surface area contributed by atoms with Gasteiger partial charge in [0.05, 0.1) is 12.7 Å². The lowest BCUT2D eigenvalue weighted by atomic mass is 10.0. The SMILES string of the molecule is CCNC(=O)CCCCC(CO)COP(=O)(O)OC(C)C. The van der Waals surface area contributed by atoms with Crippen molar-refractivity contribution in [2.75, 3.05) is 19.8 Å². The van der Waals surface area contributed by atoms with Crippen LogP contribution in [0.3, 0.4) is 0 Å². The van der Waals surface area contributed by atoms with Crippen molar-refractivity contribution in [2.24, 2.45) is 5.92 Å². The molecule has 0 aliphatic carbocycles. The highest BCUT2D eigenvalue weighted by Gasteiger charge is 2.24. The van der Waals surface area contributed by atoms with Gasteiger partial charge in [-0.3, -0.25) is 13.8 Å². The molecule has 0 fully saturated rings. The molecule has 0 saturated carbocycles. The highest BCUT2D eigenvalue weighted by Crippen LogP contribution is 2.44. The van der Waals surface area contributed by atoms with Crippen molar-refractivity contribution in [1.82, 2.24) is 5.32 Å². The number of rotatable bonds is 12. The summed E-state index contributed by atoms with van der Waals surface area (Å²) in [5.41, 5.74) is 0. The molecule has 3 N–H and O–H groups in total. The van der Waals surface area contributed by atoms with Gasteiger partial charge in [0.25, 0.3) is 0 Å². The first-order valence-electron chi connectivity index (χ1n) is 7.34. The largest absolute Gasteiger partial charge is 0.472 e. The van der Waals surface area contributed by atoms with E-state index in [2.05, 4.69) is 5.32 Å². The van der Waals surface area contributed by atoms with Crippen LogP contribution in [0.2, 0.25) is 0 Å². The van der Waals surface area contributed by atoms with Gasteiger partial charge in [0, 0.05) is 25.5 Å². The van der Waals surface area contributed by atoms with E-state index < -0.39 is 13.9 Å². The molecule has 0 aliphatic rings. The summed E-state index contributed by atoms with van der Waals surface area (Å²) in [6.07, 6.45) is 2.11. The number of phosphoric ester groups is 1. The van der Waals surface area contributed by atoms with Crippen LogP contribution in [0, 0.1) is 5.92 Å². The maximum atomic E-state index is 11.5. The van der Waals surface area contributed by atoms with E-state index in [0.29, 0.717) is 25.8 Å². The van der Waals surface area contributed by atoms with Gasteiger partial charge in [-0.15, -0.1) is 0 Å². The van der Waals surface area contributed by atoms with Crippen LogP contribution < -0.4 is 5.32 Å². The number of hydrogen-bond acceptors (Lipinski definition) is 5. The van der Waals surface area contributed by atoms with Crippen LogP contribution in [0.25, 0.3) is 0 Å². The number of amides is 1. The minimum absolute atomic E-state index is 0.0134. The van der Waals surface area contributed by atoms with E-state index in [1.807, 2.05) is 6.92 Å². The van der Waals surface area contributed by atoms with Gasteiger partial charge in [-0.25, -0.2) is 4.57 Å². The quantitative estimate of drug-likeness (QED) is 0.373. The molecular weight excluding hydrogens is 297 g/mol. The lowest BCUT2D eigenvalue weighted by Crippen LogP contribution is -2.22. The molecular formula is C13H28NO6P. The molecule has 0 rings (SSSR count). The Morgan fingerprint density at radius 3 is 2.52 bits per heavy atom. The average Bonchev–Trinajstić information content (AvgIpc) is 2.36. The van der Waals surface area contributed by atoms with Crippen molar-refractivity contribution in [3.8, 4) is 0 Å². The lowest BCUT2D eigenvalue weighted by molar-refractivity contribution is -0.121. The maximum absolute atomic E-state index is 11.5. The highest BCUT2D eigenvalue weighted by atomic mass is 31.2. The summed E-state index contributed by atoms with van der Waals surface area (Å²) in [6.45, 7) is 5.58. The first-order chi connectivity index (χ1) is 9.80. The van der Waals surface area contributed by atoms with E-state index in [1.165, 1.54) is 0 Å². The third-order valence-corrected chi connectivity index (χ3v) is 3.88. The van der Waals surface area contributed by atoms with Gasteiger partial charge in [-0.2, -0.15) is 0 Å². The molecule has 0 spiro atoms. The zero-order valence-electron chi connectivity index (χ0n) is 13.1. The van der Waals surface area contributed by atoms with Crippen molar-refractivity contribution in [3.63, 3.8) is 0 Å². The standard InChI is InChI=1S/C13H28NO6P/c1-4-14-13(16)8-6-5-7-12(9-15)10-19-21(17,18)20-11(2)3/h11-12,15H,4-10H2,1-3H3,(H,14,16)(H,17,18). The predicted octanol–water partition coefficient (Wildman–Crippen LogP) is 1.83. The first kappa shape index (κ1) is 20.5. The second kappa shape index (κ2) is 11.2. The van der Waals surface area contributed by atoms with Gasteiger partial charge in [0.2, 0.25) is 5.91 Å². The summed E-state index contributed by atoms with van der Waals surface area (Å²) in [5.74, 6) is -0.227. The van der Waals surface area contributed by atoms with E-state index in [0.717, 1.165) is 6.42 Å². The molecule has 8 heteroatoms. The molecule has 126 valence electrons. The summed E-state index contributed by atoms with van der Waals surface area (Å²) < 4.78 is 21.1. The molecule has 0 aromatic heterocycles. The lowest BCUT2D eigenvalue weighted by Gasteiger charge is -2.18. The molecule has 21 heavy (non-hydrogen) atoms. The molecule has 0 aromatic rings. The number of carbonyl (C=O) groups is 1. The van der Waals surface area contributed by atoms with E-state index in [9.17, 15) is 19.4 Å². The fourth-order valence-corrected chi connectivity index (χ4v) is 2.72. The Morgan fingerprint density at radius 2 is 2.00 bits per heavy atom. The van der Waals surface area contributed by atoms with Gasteiger partial charge in [0.1, 0.15) is 0 Å². The number of aliphatic hydroxyl groups is 1. The molecule has 1 amide bonds. The van der Waals surface area contributed by atoms with Gasteiger partial charge < -0.3 is 15.3 Å². The third-order valence-electron chi connectivity index (χ3n) is 2.72. The van der Waals surface area contributed by atoms with Crippen molar-refractivity contribution in [2.45, 2.75) is 52.6 Å². The minimum Gasteiger partial charge on any atom is -0.396 e. The second-order valence-corrected chi connectivity index (χ2v) is 6.57. The number of hydrogen-bond donors (Lipinski definition) is 3. The van der Waals surface area contributed by atoms with E-state index in [-0.39, 0.29) is 25.0 Å². The van der Waals surface area contributed by atoms with Crippen LogP contribution in [0.4, 0.5) is 0 Å². The van der Waals surface area contributed by atoms with E-state index >= 15 is 0 Å². The number of unbranched alkanes of at least 4 members (excludes halogenated alkanes) is 1. The Kier molecular flexibility index (Phi) is 10.9. The fraction of sp³-hybridized carbons (Fsp3) is 0.923. The fourth-order valence-electron chi connectivity index (χ4n) is 1.73. The highest BCUT2D eigenvalue weighted by molar-refractivity contribution is 7.47. The molecule has 0 aromatic carbocycles. The van der Waals surface area contributed by atoms with Gasteiger partial charge >= 0.3 is 7.82 Å². The van der Waals surface area contributed by atoms with Crippen molar-refractivity contribution in [3.05, 3.63) is 0 Å². The van der Waals surface area contributed by atoms with Crippen LogP contribution >= 0.6 is 7.82 Å². The van der Waals surface area contributed by atoms with Gasteiger partial charge in [-0.1, -0.05) is 6.42 Å². The van der Waals surface area contributed by atoms with Crippen LogP contribution in [-0.4, -0.2) is 41.8 Å². The molecule has 2 unspecified atom stereocenters. The molecule has 0 saturated heterocycles. The van der Waals surface area contributed by atoms with Crippen LogP contribution in [0.5, 0.6) is 0 Å². The summed E-state index contributed by atoms with van der Waals surface area (Å²) in [7, 11) is -4.05. The number of nitrogens with one attached hydrogen (secondary N) is 1. The van der Waals surface area contributed by atoms with Crippen LogP contribution in [0.15, 0.2) is 0 Å². The Balaban J connectivity index is 3.91. The summed E-state index contributed by atoms with van der Waals surface area (Å²) in [4.78, 5) is 20.7. The predicted molar refractivity (Wildman–Crippen MR) is 79.7 cm³/mol. The summed E-state index contributed by atoms with van der Waals surface area (Å²) >= 11 is 0. The Labute approximate surface area is 126 Å².